The van der Waals surface area contributed by atoms with Crippen molar-refractivity contribution >= 4 is 17.9 Å². The topological polar surface area (TPSA) is 78.9 Å². The van der Waals surface area contributed by atoms with Gasteiger partial charge in [-0.15, -0.1) is 0 Å². The van der Waals surface area contributed by atoms with Crippen LogP contribution in [0.1, 0.15) is 252 Å². The van der Waals surface area contributed by atoms with E-state index in [1.807, 2.05) is 0 Å². The molecule has 0 radical (unpaired) electrons. The van der Waals surface area contributed by atoms with Crippen LogP contribution in [-0.4, -0.2) is 37.2 Å². The molecule has 0 rings (SSSR count). The molecule has 402 valence electrons. The number of esters is 3. The molecule has 0 fully saturated rings. The number of ether oxygens (including phenoxy) is 3. The molecular weight excluding hydrogens is 877 g/mol. The van der Waals surface area contributed by atoms with E-state index in [0.29, 0.717) is 19.3 Å². The Morgan fingerprint density at radius 1 is 0.296 bits per heavy atom. The molecule has 1 unspecified atom stereocenters. The van der Waals surface area contributed by atoms with E-state index in [2.05, 4.69) is 142 Å². The number of rotatable bonds is 51. The predicted molar refractivity (Wildman–Crippen MR) is 306 cm³/mol. The van der Waals surface area contributed by atoms with Crippen LogP contribution in [0.4, 0.5) is 0 Å². The van der Waals surface area contributed by atoms with Crippen molar-refractivity contribution in [3.05, 3.63) is 122 Å². The Morgan fingerprint density at radius 3 is 0.859 bits per heavy atom. The first-order valence-corrected chi connectivity index (χ1v) is 29.0. The minimum absolute atomic E-state index is 0.0937. The van der Waals surface area contributed by atoms with Crippen LogP contribution < -0.4 is 0 Å². The Labute approximate surface area is 437 Å². The van der Waals surface area contributed by atoms with Crippen molar-refractivity contribution < 1.29 is 28.6 Å². The second-order valence-electron chi connectivity index (χ2n) is 18.8. The van der Waals surface area contributed by atoms with Crippen molar-refractivity contribution in [3.8, 4) is 0 Å². The van der Waals surface area contributed by atoms with Gasteiger partial charge in [-0.05, 0) is 109 Å². The lowest BCUT2D eigenvalue weighted by atomic mass is 10.1. The normalized spacial score (nSPS) is 13.0. The molecule has 0 bridgehead atoms. The van der Waals surface area contributed by atoms with Crippen LogP contribution in [0.15, 0.2) is 122 Å². The average molecular weight is 984 g/mol. The van der Waals surface area contributed by atoms with Crippen molar-refractivity contribution in [3.63, 3.8) is 0 Å². The van der Waals surface area contributed by atoms with Crippen LogP contribution in [0.3, 0.4) is 0 Å². The second kappa shape index (κ2) is 58.4. The quantitative estimate of drug-likeness (QED) is 0.0261. The van der Waals surface area contributed by atoms with E-state index in [1.54, 1.807) is 0 Å². The summed E-state index contributed by atoms with van der Waals surface area (Å²) in [6, 6.07) is 0. The summed E-state index contributed by atoms with van der Waals surface area (Å²) < 4.78 is 16.8. The maximum absolute atomic E-state index is 12.9. The van der Waals surface area contributed by atoms with E-state index < -0.39 is 6.10 Å². The molecule has 0 saturated carbocycles. The first kappa shape index (κ1) is 66.8. The van der Waals surface area contributed by atoms with E-state index in [0.717, 1.165) is 161 Å². The van der Waals surface area contributed by atoms with Gasteiger partial charge in [0.1, 0.15) is 13.2 Å². The highest BCUT2D eigenvalue weighted by Gasteiger charge is 2.19. The van der Waals surface area contributed by atoms with Gasteiger partial charge in [-0.2, -0.15) is 0 Å². The summed E-state index contributed by atoms with van der Waals surface area (Å²) in [5.74, 6) is -0.934. The third-order valence-electron chi connectivity index (χ3n) is 12.0. The predicted octanol–water partition coefficient (Wildman–Crippen LogP) is 19.6. The molecule has 0 aromatic heterocycles. The highest BCUT2D eigenvalue weighted by molar-refractivity contribution is 5.71. The average Bonchev–Trinajstić information content (AvgIpc) is 3.37. The molecule has 0 saturated heterocycles. The third-order valence-corrected chi connectivity index (χ3v) is 12.0. The molecule has 0 heterocycles. The number of hydrogen-bond acceptors (Lipinski definition) is 6. The van der Waals surface area contributed by atoms with Crippen LogP contribution in [-0.2, 0) is 28.6 Å². The molecule has 0 aromatic rings. The van der Waals surface area contributed by atoms with Crippen LogP contribution in [0, 0.1) is 0 Å². The van der Waals surface area contributed by atoms with Crippen LogP contribution in [0.25, 0.3) is 0 Å². The van der Waals surface area contributed by atoms with Crippen LogP contribution in [0.2, 0.25) is 0 Å². The van der Waals surface area contributed by atoms with Gasteiger partial charge in [0.15, 0.2) is 6.10 Å². The molecule has 0 aliphatic rings. The maximum atomic E-state index is 12.9. The van der Waals surface area contributed by atoms with Gasteiger partial charge >= 0.3 is 17.9 Å². The van der Waals surface area contributed by atoms with Gasteiger partial charge in [-0.1, -0.05) is 245 Å². The van der Waals surface area contributed by atoms with Crippen molar-refractivity contribution in [2.45, 2.75) is 258 Å². The molecule has 71 heavy (non-hydrogen) atoms. The van der Waals surface area contributed by atoms with Crippen molar-refractivity contribution in [2.75, 3.05) is 13.2 Å². The van der Waals surface area contributed by atoms with E-state index >= 15 is 0 Å². The maximum Gasteiger partial charge on any atom is 0.306 e. The van der Waals surface area contributed by atoms with Gasteiger partial charge in [0.2, 0.25) is 0 Å². The first-order chi connectivity index (χ1) is 35.0. The molecule has 0 aliphatic heterocycles. The zero-order valence-electron chi connectivity index (χ0n) is 45.9. The summed E-state index contributed by atoms with van der Waals surface area (Å²) >= 11 is 0. The molecule has 1 atom stereocenters. The smallest absolute Gasteiger partial charge is 0.306 e. The minimum atomic E-state index is -0.799. The Bertz CT molecular complexity index is 1500. The number of carbonyl (C=O) groups excluding carboxylic acids is 3. The highest BCUT2D eigenvalue weighted by atomic mass is 16.6. The molecular formula is C65H106O6. The number of carbonyl (C=O) groups is 3. The van der Waals surface area contributed by atoms with Crippen molar-refractivity contribution in [2.24, 2.45) is 0 Å². The van der Waals surface area contributed by atoms with Crippen molar-refractivity contribution in [1.29, 1.82) is 0 Å². The van der Waals surface area contributed by atoms with Gasteiger partial charge in [0.25, 0.3) is 0 Å². The summed E-state index contributed by atoms with van der Waals surface area (Å²) in [5, 5.41) is 0. The standard InChI is InChI=1S/C65H106O6/c1-4-7-10-13-16-19-22-24-26-28-30-32-34-36-38-40-43-46-49-52-55-58-64(67)70-61-62(60-69-63(66)57-54-51-48-45-42-21-18-15-12-9-6-3)71-65(68)59-56-53-50-47-44-41-39-37-35-33-31-29-27-25-23-20-17-14-11-8-5-2/h7-8,10-11,16-17,19-20,24-27,30-33,36-39,62H,4-6,9,12-15,18,21-23,28-29,34-35,40-61H2,1-3H3/b10-7-,11-8-,19-16-,20-17-,26-24-,27-25-,32-30-,33-31-,38-36-,39-37-. The molecule has 0 spiro atoms. The fourth-order valence-corrected chi connectivity index (χ4v) is 7.67. The third kappa shape index (κ3) is 56.6. The lowest BCUT2D eigenvalue weighted by Crippen LogP contribution is -2.30. The van der Waals surface area contributed by atoms with Crippen LogP contribution in [0.5, 0.6) is 0 Å². The van der Waals surface area contributed by atoms with Crippen LogP contribution >= 0.6 is 0 Å². The fourth-order valence-electron chi connectivity index (χ4n) is 7.67. The highest BCUT2D eigenvalue weighted by Crippen LogP contribution is 2.14. The summed E-state index contributed by atoms with van der Waals surface area (Å²) in [6.07, 6.45) is 80.4. The molecule has 0 amide bonds. The monoisotopic (exact) mass is 983 g/mol. The van der Waals surface area contributed by atoms with E-state index in [-0.39, 0.29) is 31.1 Å². The summed E-state index contributed by atoms with van der Waals surface area (Å²) in [4.78, 5) is 38.2. The molecule has 0 aliphatic carbocycles. The molecule has 6 heteroatoms. The van der Waals surface area contributed by atoms with Gasteiger partial charge in [-0.25, -0.2) is 0 Å². The first-order valence-electron chi connectivity index (χ1n) is 29.0. The molecule has 0 aromatic carbocycles. The van der Waals surface area contributed by atoms with E-state index in [1.165, 1.54) is 51.4 Å². The SMILES string of the molecule is CC/C=C\C/C=C\C/C=C\C/C=C\C/C=C\CCCCCCCC(=O)OCC(COC(=O)CCCCCCCCCCCCC)OC(=O)CCCCCCC/C=C\C/C=C\C/C=C\C/C=C\C/C=C\CC. The lowest BCUT2D eigenvalue weighted by Gasteiger charge is -2.18. The Hall–Kier alpha value is -4.19. The van der Waals surface area contributed by atoms with Gasteiger partial charge in [0, 0.05) is 19.3 Å². The fraction of sp³-hybridized carbons (Fsp3) is 0.646. The zero-order valence-corrected chi connectivity index (χ0v) is 45.9. The van der Waals surface area contributed by atoms with E-state index in [4.69, 9.17) is 14.2 Å². The summed E-state index contributed by atoms with van der Waals surface area (Å²) in [7, 11) is 0. The largest absolute Gasteiger partial charge is 0.462 e. The Morgan fingerprint density at radius 2 is 0.549 bits per heavy atom. The van der Waals surface area contributed by atoms with Gasteiger partial charge in [0.05, 0.1) is 0 Å². The number of unbranched alkanes of at least 4 members (excludes halogenated alkanes) is 20. The Kier molecular flexibility index (Phi) is 54.9. The molecule has 6 nitrogen and oxygen atoms in total. The minimum Gasteiger partial charge on any atom is -0.462 e. The lowest BCUT2D eigenvalue weighted by molar-refractivity contribution is -0.167. The summed E-state index contributed by atoms with van der Waals surface area (Å²) in [6.45, 7) is 6.37. The van der Waals surface area contributed by atoms with Crippen molar-refractivity contribution in [1.82, 2.24) is 0 Å². The second-order valence-corrected chi connectivity index (χ2v) is 18.8. The number of hydrogen-bond donors (Lipinski definition) is 0. The summed E-state index contributed by atoms with van der Waals surface area (Å²) in [5.41, 5.74) is 0. The zero-order chi connectivity index (χ0) is 51.4. The van der Waals surface area contributed by atoms with Gasteiger partial charge < -0.3 is 14.2 Å². The molecule has 0 N–H and O–H groups in total. The Balaban J connectivity index is 4.43. The van der Waals surface area contributed by atoms with Gasteiger partial charge in [-0.3, -0.25) is 14.4 Å². The number of allylic oxidation sites excluding steroid dienone is 20. The van der Waals surface area contributed by atoms with E-state index in [9.17, 15) is 14.4 Å².